The molecule has 13 nitrogen and oxygen atoms in total. The van der Waals surface area contributed by atoms with Crippen LogP contribution >= 0.6 is 39.5 Å². The number of aryl methyl sites for hydroxylation is 2. The summed E-state index contributed by atoms with van der Waals surface area (Å²) in [6.07, 6.45) is 0.980. The van der Waals surface area contributed by atoms with Gasteiger partial charge in [0.25, 0.3) is 0 Å². The van der Waals surface area contributed by atoms with Crippen molar-refractivity contribution < 1.29 is 31.7 Å². The van der Waals surface area contributed by atoms with Crippen molar-refractivity contribution in [2.24, 2.45) is 0 Å². The fourth-order valence-electron chi connectivity index (χ4n) is 6.44. The molecule has 0 aliphatic heterocycles. The zero-order valence-electron chi connectivity index (χ0n) is 37.7. The van der Waals surface area contributed by atoms with Gasteiger partial charge in [0.1, 0.15) is 6.29 Å². The van der Waals surface area contributed by atoms with E-state index in [0.29, 0.717) is 54.1 Å². The molecule has 3 heterocycles. The average molecular weight is 1060 g/mol. The van der Waals surface area contributed by atoms with Crippen LogP contribution in [0.4, 0.5) is 0 Å². The van der Waals surface area contributed by atoms with Crippen molar-refractivity contribution in [3.8, 4) is 68.7 Å². The molecule has 0 N–H and O–H groups in total. The highest BCUT2D eigenvalue weighted by Gasteiger charge is 2.24. The first-order valence-corrected chi connectivity index (χ1v) is 25.5. The molecule has 0 aliphatic rings. The summed E-state index contributed by atoms with van der Waals surface area (Å²) in [5.41, 5.74) is 11.5. The van der Waals surface area contributed by atoms with Crippen molar-refractivity contribution in [2.75, 3.05) is 13.2 Å². The van der Waals surface area contributed by atoms with E-state index >= 15 is 0 Å². The fourth-order valence-corrected chi connectivity index (χ4v) is 8.89. The molecular weight excluding hydrogens is 1010 g/mol. The molecule has 0 aliphatic carbocycles. The van der Waals surface area contributed by atoms with Gasteiger partial charge in [0.2, 0.25) is 35.3 Å². The molecule has 68 heavy (non-hydrogen) atoms. The normalized spacial score (nSPS) is 11.0. The van der Waals surface area contributed by atoms with Gasteiger partial charge in [0.05, 0.1) is 19.4 Å². The molecule has 346 valence electrons. The quantitative estimate of drug-likeness (QED) is 0.0540. The van der Waals surface area contributed by atoms with Crippen molar-refractivity contribution in [3.05, 3.63) is 179 Å². The highest BCUT2D eigenvalue weighted by atomic mass is 79.9. The number of benzene rings is 6. The molecule has 0 saturated heterocycles. The number of carbonyl (C=O) groups is 1. The maximum atomic E-state index is 12.6. The third-order valence-corrected chi connectivity index (χ3v) is 13.5. The zero-order chi connectivity index (χ0) is 47.9. The van der Waals surface area contributed by atoms with Crippen LogP contribution in [0.1, 0.15) is 52.0 Å². The van der Waals surface area contributed by atoms with E-state index in [0.717, 1.165) is 55.9 Å². The summed E-state index contributed by atoms with van der Waals surface area (Å²) in [7, 11) is -3.15. The van der Waals surface area contributed by atoms with E-state index in [2.05, 4.69) is 76.3 Å². The minimum atomic E-state index is -3.15. The number of aldehydes is 1. The van der Waals surface area contributed by atoms with Crippen LogP contribution < -0.4 is 0 Å². The molecule has 0 fully saturated rings. The summed E-state index contributed by atoms with van der Waals surface area (Å²) in [4.78, 5) is 10.7. The van der Waals surface area contributed by atoms with Gasteiger partial charge in [-0.25, -0.2) is 0 Å². The standard InChI is InChI=1S/C20H21N2O5P.C16H12Br2N2O.C16H14N2O/c1-3-25-28(24,26-4-2)14-16-7-11-18(12-8-16)20-22-21-19(27-20)17-9-5-15(13-23)6-10-17;17-9-11-1-5-13(6-2-11)15-19-20-16(21-15)14-7-3-12(10-18)4-8-14;1-11-3-7-13(8-4-11)15-17-18-16(19-15)14-9-5-12(2)6-10-14/h5-13H,3-4,14H2,1-2H3;1-8H,9-10H2;3-10H,1-2H3. The Kier molecular flexibility index (Phi) is 17.4. The molecule has 0 spiro atoms. The van der Waals surface area contributed by atoms with Gasteiger partial charge < -0.3 is 22.3 Å². The smallest absolute Gasteiger partial charge is 0.335 e. The lowest BCUT2D eigenvalue weighted by Gasteiger charge is -2.16. The number of halogens is 2. The first kappa shape index (κ1) is 49.4. The predicted octanol–water partition coefficient (Wildman–Crippen LogP) is 14.2. The first-order chi connectivity index (χ1) is 33.1. The van der Waals surface area contributed by atoms with Crippen LogP contribution in [0.15, 0.2) is 159 Å². The van der Waals surface area contributed by atoms with Crippen LogP contribution in [0.25, 0.3) is 68.7 Å². The molecule has 0 saturated carbocycles. The van der Waals surface area contributed by atoms with E-state index in [9.17, 15) is 9.36 Å². The molecule has 0 atom stereocenters. The van der Waals surface area contributed by atoms with Gasteiger partial charge in [-0.05, 0) is 117 Å². The summed E-state index contributed by atoms with van der Waals surface area (Å²) in [5, 5.41) is 26.3. The number of rotatable bonds is 15. The Hall–Kier alpha value is -6.48. The topological polar surface area (TPSA) is 169 Å². The summed E-state index contributed by atoms with van der Waals surface area (Å²) in [5.74, 6) is 2.92. The number of hydrogen-bond acceptors (Lipinski definition) is 13. The van der Waals surface area contributed by atoms with Crippen molar-refractivity contribution in [1.82, 2.24) is 30.6 Å². The summed E-state index contributed by atoms with van der Waals surface area (Å²) < 4.78 is 40.5. The van der Waals surface area contributed by atoms with E-state index in [1.165, 1.54) is 22.3 Å². The summed E-state index contributed by atoms with van der Waals surface area (Å²) in [6, 6.07) is 46.4. The Bertz CT molecular complexity index is 2900. The minimum absolute atomic E-state index is 0.202. The maximum absolute atomic E-state index is 12.6. The van der Waals surface area contributed by atoms with E-state index in [1.54, 1.807) is 38.1 Å². The first-order valence-electron chi connectivity index (χ1n) is 21.6. The van der Waals surface area contributed by atoms with Gasteiger partial charge in [0, 0.05) is 49.6 Å². The average Bonchev–Trinajstić information content (AvgIpc) is 4.19. The molecule has 0 amide bonds. The number of alkyl halides is 2. The highest BCUT2D eigenvalue weighted by molar-refractivity contribution is 9.08. The van der Waals surface area contributed by atoms with Crippen LogP contribution in [0.3, 0.4) is 0 Å². The molecule has 0 bridgehead atoms. The lowest BCUT2D eigenvalue weighted by atomic mass is 10.1. The molecule has 0 radical (unpaired) electrons. The van der Waals surface area contributed by atoms with E-state index in [4.69, 9.17) is 22.3 Å². The van der Waals surface area contributed by atoms with Crippen LogP contribution in [-0.2, 0) is 30.4 Å². The van der Waals surface area contributed by atoms with Crippen LogP contribution in [0.5, 0.6) is 0 Å². The molecule has 16 heteroatoms. The Morgan fingerprint density at radius 1 is 0.441 bits per heavy atom. The fraction of sp³-hybridized carbons (Fsp3) is 0.173. The van der Waals surface area contributed by atoms with Gasteiger partial charge in [-0.15, -0.1) is 30.6 Å². The Labute approximate surface area is 411 Å². The monoisotopic (exact) mass is 1060 g/mol. The maximum Gasteiger partial charge on any atom is 0.335 e. The third kappa shape index (κ3) is 13.4. The second kappa shape index (κ2) is 24.0. The van der Waals surface area contributed by atoms with Crippen molar-refractivity contribution in [2.45, 2.75) is 44.5 Å². The summed E-state index contributed by atoms with van der Waals surface area (Å²) >= 11 is 6.86. The van der Waals surface area contributed by atoms with Gasteiger partial charge in [-0.1, -0.05) is 116 Å². The molecule has 9 rings (SSSR count). The predicted molar refractivity (Wildman–Crippen MR) is 270 cm³/mol. The van der Waals surface area contributed by atoms with Crippen molar-refractivity contribution >= 4 is 45.7 Å². The van der Waals surface area contributed by atoms with Crippen molar-refractivity contribution in [3.63, 3.8) is 0 Å². The van der Waals surface area contributed by atoms with Gasteiger partial charge in [-0.3, -0.25) is 9.36 Å². The molecular formula is C52H47Br2N6O7P. The van der Waals surface area contributed by atoms with E-state index in [1.807, 2.05) is 121 Å². The largest absolute Gasteiger partial charge is 0.416 e. The number of hydrogen-bond donors (Lipinski definition) is 0. The van der Waals surface area contributed by atoms with Crippen LogP contribution in [0, 0.1) is 13.8 Å². The lowest BCUT2D eigenvalue weighted by molar-refractivity contribution is 0.112. The SMILES string of the molecule is BrCc1ccc(-c2nnc(-c3ccc(CBr)cc3)o2)cc1.CCOP(=O)(Cc1ccc(-c2nnc(-c3ccc(C=O)cc3)o2)cc1)OCC.Cc1ccc(-c2nnc(-c3ccc(C)cc3)o2)cc1. The molecule has 6 aromatic carbocycles. The Morgan fingerprint density at radius 2 is 0.706 bits per heavy atom. The third-order valence-electron chi connectivity index (χ3n) is 10.1. The minimum Gasteiger partial charge on any atom is -0.416 e. The lowest BCUT2D eigenvalue weighted by Crippen LogP contribution is -1.99. The second-order valence-corrected chi connectivity index (χ2v) is 18.3. The number of carbonyl (C=O) groups excluding carboxylic acids is 1. The molecule has 0 unspecified atom stereocenters. The van der Waals surface area contributed by atoms with Gasteiger partial charge >= 0.3 is 7.60 Å². The van der Waals surface area contributed by atoms with Crippen LogP contribution in [0.2, 0.25) is 0 Å². The number of aromatic nitrogens is 6. The molecule has 9 aromatic rings. The summed E-state index contributed by atoms with van der Waals surface area (Å²) in [6.45, 7) is 8.33. The van der Waals surface area contributed by atoms with Gasteiger partial charge in [0.15, 0.2) is 0 Å². The molecule has 3 aromatic heterocycles. The van der Waals surface area contributed by atoms with Gasteiger partial charge in [-0.2, -0.15) is 0 Å². The second-order valence-electron chi connectivity index (χ2n) is 15.2. The zero-order valence-corrected chi connectivity index (χ0v) is 41.8. The number of nitrogens with zero attached hydrogens (tertiary/aromatic N) is 6. The highest BCUT2D eigenvalue weighted by Crippen LogP contribution is 2.51. The Balaban J connectivity index is 0.000000154. The Morgan fingerprint density at radius 3 is 0.971 bits per heavy atom. The van der Waals surface area contributed by atoms with E-state index in [-0.39, 0.29) is 6.16 Å². The van der Waals surface area contributed by atoms with Crippen molar-refractivity contribution in [1.29, 1.82) is 0 Å². The van der Waals surface area contributed by atoms with E-state index < -0.39 is 7.60 Å². The van der Waals surface area contributed by atoms with Crippen LogP contribution in [-0.4, -0.2) is 50.1 Å².